The van der Waals surface area contributed by atoms with Crippen molar-refractivity contribution in [3.8, 4) is 0 Å². The van der Waals surface area contributed by atoms with Crippen molar-refractivity contribution in [2.45, 2.75) is 19.4 Å². The maximum absolute atomic E-state index is 4.75. The van der Waals surface area contributed by atoms with E-state index in [1.807, 2.05) is 6.92 Å². The van der Waals surface area contributed by atoms with Crippen LogP contribution in [0.25, 0.3) is 0 Å². The van der Waals surface area contributed by atoms with Crippen molar-refractivity contribution < 1.29 is 4.52 Å². The van der Waals surface area contributed by atoms with E-state index in [1.54, 1.807) is 0 Å². The van der Waals surface area contributed by atoms with Gasteiger partial charge in [0.25, 0.3) is 0 Å². The van der Waals surface area contributed by atoms with Crippen LogP contribution in [-0.4, -0.2) is 6.10 Å². The van der Waals surface area contributed by atoms with Gasteiger partial charge in [0.2, 0.25) is 0 Å². The molecule has 0 aromatic carbocycles. The Morgan fingerprint density at radius 1 is 2.00 bits per heavy atom. The van der Waals surface area contributed by atoms with E-state index in [1.165, 1.54) is 0 Å². The van der Waals surface area contributed by atoms with Crippen LogP contribution in [0, 0.1) is 6.92 Å². The molecule has 0 aliphatic heterocycles. The van der Waals surface area contributed by atoms with E-state index in [9.17, 15) is 0 Å². The van der Waals surface area contributed by atoms with Gasteiger partial charge in [0.05, 0.1) is 6.10 Å². The molecule has 0 N–H and O–H groups in total. The Morgan fingerprint density at radius 2 is 2.50 bits per heavy atom. The molecule has 0 aliphatic rings. The smallest absolute Gasteiger partial charge is 0.0582 e. The molecule has 2 heteroatoms. The summed E-state index contributed by atoms with van der Waals surface area (Å²) in [5, 5.41) is 0. The molecule has 0 spiro atoms. The highest BCUT2D eigenvalue weighted by atomic mass is 31.0. The second-order valence-electron chi connectivity index (χ2n) is 1.24. The fourth-order valence-corrected chi connectivity index (χ4v) is 0.204. The first-order valence-electron chi connectivity index (χ1n) is 1.96. The van der Waals surface area contributed by atoms with E-state index >= 15 is 0 Å². The lowest BCUT2D eigenvalue weighted by Crippen LogP contribution is -1.95. The second kappa shape index (κ2) is 3.58. The lowest BCUT2D eigenvalue weighted by molar-refractivity contribution is 0.266. The third-order valence-electron chi connectivity index (χ3n) is 0.639. The Kier molecular flexibility index (Phi) is 3.81. The average molecular weight is 105 g/mol. The molecule has 0 aromatic rings. The molecular formula is C4H10OP. The van der Waals surface area contributed by atoms with Gasteiger partial charge in [-0.25, -0.2) is 0 Å². The molecular weight excluding hydrogens is 95.0 g/mol. The summed E-state index contributed by atoms with van der Waals surface area (Å²) in [5.74, 6) is 0. The quantitative estimate of drug-likeness (QED) is 0.482. The summed E-state index contributed by atoms with van der Waals surface area (Å²) in [7, 11) is 2.20. The molecule has 1 radical (unpaired) electrons. The molecule has 0 saturated heterocycles. The molecule has 0 bridgehead atoms. The Bertz CT molecular complexity index is 26.7. The first-order chi connectivity index (χ1) is 2.81. The zero-order valence-corrected chi connectivity index (χ0v) is 5.13. The van der Waals surface area contributed by atoms with Crippen LogP contribution in [0.1, 0.15) is 13.3 Å². The normalized spacial score (nSPS) is 14.5. The monoisotopic (exact) mass is 105 g/mol. The molecule has 0 saturated carbocycles. The van der Waals surface area contributed by atoms with Crippen molar-refractivity contribution in [3.63, 3.8) is 0 Å². The Labute approximate surface area is 41.4 Å². The Balaban J connectivity index is 2.75. The molecule has 0 aliphatic carbocycles. The molecule has 0 heterocycles. The van der Waals surface area contributed by atoms with Crippen molar-refractivity contribution in [1.82, 2.24) is 0 Å². The zero-order chi connectivity index (χ0) is 4.99. The lowest BCUT2D eigenvalue weighted by atomic mass is 10.3. The summed E-state index contributed by atoms with van der Waals surface area (Å²) in [6.45, 7) is 5.59. The highest BCUT2D eigenvalue weighted by molar-refractivity contribution is 7.09. The molecule has 0 fully saturated rings. The third-order valence-corrected chi connectivity index (χ3v) is 1.10. The van der Waals surface area contributed by atoms with E-state index < -0.39 is 0 Å². The van der Waals surface area contributed by atoms with Gasteiger partial charge in [-0.3, -0.25) is 0 Å². The van der Waals surface area contributed by atoms with Gasteiger partial charge < -0.3 is 4.52 Å². The Morgan fingerprint density at radius 3 is 2.50 bits per heavy atom. The van der Waals surface area contributed by atoms with Crippen molar-refractivity contribution in [3.05, 3.63) is 6.92 Å². The predicted octanol–water partition coefficient (Wildman–Crippen LogP) is 1.41. The van der Waals surface area contributed by atoms with Crippen LogP contribution in [0.2, 0.25) is 0 Å². The summed E-state index contributed by atoms with van der Waals surface area (Å²) in [5.41, 5.74) is 0. The number of hydrogen-bond donors (Lipinski definition) is 0. The van der Waals surface area contributed by atoms with E-state index in [0.717, 1.165) is 6.42 Å². The van der Waals surface area contributed by atoms with Gasteiger partial charge in [-0.05, 0) is 13.3 Å². The van der Waals surface area contributed by atoms with Gasteiger partial charge in [0, 0.05) is 9.47 Å². The van der Waals surface area contributed by atoms with Crippen LogP contribution in [0.5, 0.6) is 0 Å². The van der Waals surface area contributed by atoms with Crippen LogP contribution in [-0.2, 0) is 4.52 Å². The van der Waals surface area contributed by atoms with Crippen LogP contribution < -0.4 is 0 Å². The molecule has 2 atom stereocenters. The van der Waals surface area contributed by atoms with Crippen molar-refractivity contribution in [1.29, 1.82) is 0 Å². The fraction of sp³-hybridized carbons (Fsp3) is 0.750. The summed E-state index contributed by atoms with van der Waals surface area (Å²) in [6.07, 6.45) is 1.12. The van der Waals surface area contributed by atoms with Crippen LogP contribution in [0.4, 0.5) is 0 Å². The van der Waals surface area contributed by atoms with E-state index in [4.69, 9.17) is 4.52 Å². The fourth-order valence-electron chi connectivity index (χ4n) is 0.0680. The average Bonchev–Trinajstić information content (AvgIpc) is 1.65. The highest BCUT2D eigenvalue weighted by Gasteiger charge is 1.88. The molecule has 0 rings (SSSR count). The number of rotatable bonds is 2. The molecule has 0 aromatic heterocycles. The maximum atomic E-state index is 4.75. The molecule has 37 valence electrons. The second-order valence-corrected chi connectivity index (χ2v) is 1.51. The molecule has 6 heavy (non-hydrogen) atoms. The largest absolute Gasteiger partial charge is 0.363 e. The molecule has 0 amide bonds. The van der Waals surface area contributed by atoms with Gasteiger partial charge in [-0.15, -0.1) is 0 Å². The van der Waals surface area contributed by atoms with E-state index in [0.29, 0.717) is 0 Å². The predicted molar refractivity (Wildman–Crippen MR) is 30.2 cm³/mol. The summed E-state index contributed by atoms with van der Waals surface area (Å²) in [6, 6.07) is 0. The minimum atomic E-state index is 0.287. The van der Waals surface area contributed by atoms with Gasteiger partial charge in [-0.1, -0.05) is 6.92 Å². The highest BCUT2D eigenvalue weighted by Crippen LogP contribution is 1.98. The van der Waals surface area contributed by atoms with Gasteiger partial charge in [0.1, 0.15) is 0 Å². The van der Waals surface area contributed by atoms with Crippen molar-refractivity contribution >= 4 is 9.47 Å². The van der Waals surface area contributed by atoms with Crippen molar-refractivity contribution in [2.75, 3.05) is 0 Å². The number of hydrogen-bond acceptors (Lipinski definition) is 1. The zero-order valence-electron chi connectivity index (χ0n) is 3.98. The third kappa shape index (κ3) is 2.62. The van der Waals surface area contributed by atoms with Gasteiger partial charge >= 0.3 is 0 Å². The van der Waals surface area contributed by atoms with Gasteiger partial charge in [0.15, 0.2) is 0 Å². The summed E-state index contributed by atoms with van der Waals surface area (Å²) >= 11 is 0. The maximum Gasteiger partial charge on any atom is 0.0582 e. The minimum absolute atomic E-state index is 0.287. The topological polar surface area (TPSA) is 9.23 Å². The standard InChI is InChI=1S/C4H10OP/c1-3-4(2)5-6/h4H,1,3,6H2,2H3. The first kappa shape index (κ1) is 6.39. The first-order valence-corrected chi connectivity index (χ1v) is 2.43. The Hall–Kier alpha value is 0.390. The van der Waals surface area contributed by atoms with Crippen LogP contribution in [0.3, 0.4) is 0 Å². The minimum Gasteiger partial charge on any atom is -0.363 e. The summed E-state index contributed by atoms with van der Waals surface area (Å²) in [4.78, 5) is 0. The van der Waals surface area contributed by atoms with E-state index in [2.05, 4.69) is 16.4 Å². The van der Waals surface area contributed by atoms with Crippen LogP contribution >= 0.6 is 9.47 Å². The summed E-state index contributed by atoms with van der Waals surface area (Å²) < 4.78 is 4.75. The molecule has 2 unspecified atom stereocenters. The molecule has 1 nitrogen and oxygen atoms in total. The van der Waals surface area contributed by atoms with Gasteiger partial charge in [-0.2, -0.15) is 0 Å². The SMILES string of the molecule is [CH2]CC(C)OP. The lowest BCUT2D eigenvalue weighted by Gasteiger charge is -2.00. The van der Waals surface area contributed by atoms with Crippen LogP contribution in [0.15, 0.2) is 0 Å². The van der Waals surface area contributed by atoms with Crippen molar-refractivity contribution in [2.24, 2.45) is 0 Å². The van der Waals surface area contributed by atoms with E-state index in [-0.39, 0.29) is 6.10 Å².